The molecule has 0 N–H and O–H groups in total. The Bertz CT molecular complexity index is 3370. The first-order chi connectivity index (χ1) is 31.2. The topological polar surface area (TPSA) is 0 Å². The van der Waals surface area contributed by atoms with E-state index >= 15 is 0 Å². The summed E-state index contributed by atoms with van der Waals surface area (Å²) < 4.78 is 0. The average molecular weight is 841 g/mol. The molecule has 10 aromatic carbocycles. The van der Waals surface area contributed by atoms with Crippen LogP contribution in [0.15, 0.2) is 60.7 Å². The van der Waals surface area contributed by atoms with Crippen LogP contribution in [0.4, 0.5) is 0 Å². The quantitative estimate of drug-likeness (QED) is 0.0459. The summed E-state index contributed by atoms with van der Waals surface area (Å²) in [4.78, 5) is 0. The fourth-order valence-electron chi connectivity index (χ4n) is 13.2. The van der Waals surface area contributed by atoms with Crippen LogP contribution < -0.4 is 0 Å². The molecule has 0 saturated heterocycles. The van der Waals surface area contributed by atoms with Crippen molar-refractivity contribution >= 4 is 103 Å². The Hall–Kier alpha value is -4.68. The van der Waals surface area contributed by atoms with Crippen molar-refractivity contribution in [2.45, 2.75) is 165 Å². The number of allylic oxidation sites excluding steroid dienone is 1. The Kier molecular flexibility index (Phi) is 10.7. The van der Waals surface area contributed by atoms with Crippen LogP contribution in [0.3, 0.4) is 0 Å². The number of unbranched alkanes of at least 4 members (excludes halogenated alkanes) is 2. The number of benzene rings is 10. The standard InChI is InChI=1S/C64H72/c1-10-18-39(9)54-51-32-41(13-4)49-33-43(27-23-36(5)6)46-29-30-48-50-31-40(25-24-38(8)12-3)26-28-47(50)56-53-34-42-21-17-22-45(42)55-44(20-16-14-15-19-37(7)11-2)35-52(54)62(60(53)55)64-61(51)59(49)57(46)58(48)63(56)64/h17,21,26,28-39H,10-16,18-20,22-25,27H2,1-9H3. The molecule has 1 aliphatic rings. The lowest BCUT2D eigenvalue weighted by Crippen LogP contribution is -2.06. The van der Waals surface area contributed by atoms with Crippen molar-refractivity contribution in [3.05, 3.63) is 99.6 Å². The van der Waals surface area contributed by atoms with Gasteiger partial charge in [0.1, 0.15) is 0 Å². The van der Waals surface area contributed by atoms with Crippen LogP contribution in [-0.4, -0.2) is 0 Å². The SMILES string of the molecule is CCCC(C)c1c2cc(CCCCCC(C)CC)c3c4c(cc5c3c2c2c3c1cc(CC)c1cc(CCC(C)C)c6ccc7c8cc(CCC(C)CC)ccc8c5c2c7c6c13)C=CC4. The van der Waals surface area contributed by atoms with E-state index in [1.165, 1.54) is 129 Å². The summed E-state index contributed by atoms with van der Waals surface area (Å²) in [6, 6.07) is 23.6. The zero-order valence-corrected chi connectivity index (χ0v) is 40.8. The molecule has 0 heteroatoms. The zero-order valence-electron chi connectivity index (χ0n) is 40.8. The van der Waals surface area contributed by atoms with Gasteiger partial charge in [-0.25, -0.2) is 0 Å². The Morgan fingerprint density at radius 1 is 0.453 bits per heavy atom. The van der Waals surface area contributed by atoms with Crippen LogP contribution in [-0.2, 0) is 32.1 Å². The van der Waals surface area contributed by atoms with E-state index in [1.807, 2.05) is 0 Å². The highest BCUT2D eigenvalue weighted by Crippen LogP contribution is 2.58. The molecule has 3 atom stereocenters. The monoisotopic (exact) mass is 841 g/mol. The molecular weight excluding hydrogens is 769 g/mol. The van der Waals surface area contributed by atoms with E-state index < -0.39 is 0 Å². The molecule has 0 radical (unpaired) electrons. The fourth-order valence-corrected chi connectivity index (χ4v) is 13.2. The van der Waals surface area contributed by atoms with Crippen molar-refractivity contribution < 1.29 is 0 Å². The summed E-state index contributed by atoms with van der Waals surface area (Å²) in [5, 5.41) is 27.5. The molecule has 11 rings (SSSR count). The summed E-state index contributed by atoms with van der Waals surface area (Å²) >= 11 is 0. The van der Waals surface area contributed by atoms with Crippen LogP contribution in [0.2, 0.25) is 0 Å². The third-order valence-corrected chi connectivity index (χ3v) is 17.1. The Morgan fingerprint density at radius 2 is 1.09 bits per heavy atom. The van der Waals surface area contributed by atoms with Gasteiger partial charge in [-0.1, -0.05) is 162 Å². The molecule has 328 valence electrons. The molecule has 0 bridgehead atoms. The molecule has 64 heavy (non-hydrogen) atoms. The maximum absolute atomic E-state index is 2.78. The van der Waals surface area contributed by atoms with Gasteiger partial charge in [0.05, 0.1) is 0 Å². The van der Waals surface area contributed by atoms with Crippen LogP contribution in [0.1, 0.15) is 171 Å². The van der Waals surface area contributed by atoms with Crippen molar-refractivity contribution in [3.8, 4) is 0 Å². The van der Waals surface area contributed by atoms with Gasteiger partial charge in [-0.2, -0.15) is 0 Å². The van der Waals surface area contributed by atoms with Gasteiger partial charge >= 0.3 is 0 Å². The molecule has 0 saturated carbocycles. The minimum absolute atomic E-state index is 0.464. The normalized spacial score (nSPS) is 15.0. The Labute approximate surface area is 383 Å². The van der Waals surface area contributed by atoms with Gasteiger partial charge in [-0.15, -0.1) is 0 Å². The first-order valence-corrected chi connectivity index (χ1v) is 26.2. The van der Waals surface area contributed by atoms with Crippen molar-refractivity contribution in [1.82, 2.24) is 0 Å². The van der Waals surface area contributed by atoms with Crippen molar-refractivity contribution in [3.63, 3.8) is 0 Å². The first kappa shape index (κ1) is 42.0. The highest BCUT2D eigenvalue weighted by Gasteiger charge is 2.32. The number of hydrogen-bond acceptors (Lipinski definition) is 0. The van der Waals surface area contributed by atoms with E-state index in [1.54, 1.807) is 70.7 Å². The first-order valence-electron chi connectivity index (χ1n) is 26.2. The predicted molar refractivity (Wildman–Crippen MR) is 287 cm³/mol. The lowest BCUT2D eigenvalue weighted by Gasteiger charge is -2.30. The van der Waals surface area contributed by atoms with Gasteiger partial charge in [0.15, 0.2) is 0 Å². The van der Waals surface area contributed by atoms with Crippen molar-refractivity contribution in [2.24, 2.45) is 17.8 Å². The third-order valence-electron chi connectivity index (χ3n) is 17.1. The minimum atomic E-state index is 0.464. The van der Waals surface area contributed by atoms with E-state index in [4.69, 9.17) is 0 Å². The second-order valence-corrected chi connectivity index (χ2v) is 21.7. The van der Waals surface area contributed by atoms with Crippen molar-refractivity contribution in [1.29, 1.82) is 0 Å². The molecule has 0 spiro atoms. The van der Waals surface area contributed by atoms with Crippen LogP contribution in [0.25, 0.3) is 103 Å². The van der Waals surface area contributed by atoms with Gasteiger partial charge in [-0.3, -0.25) is 0 Å². The van der Waals surface area contributed by atoms with E-state index in [2.05, 4.69) is 129 Å². The summed E-state index contributed by atoms with van der Waals surface area (Å²) in [5.74, 6) is 2.69. The number of rotatable bonds is 18. The maximum Gasteiger partial charge on any atom is -0.0000701 e. The molecule has 0 aliphatic heterocycles. The molecular formula is C64H72. The zero-order chi connectivity index (χ0) is 44.1. The smallest absolute Gasteiger partial charge is 0.0000701 e. The molecule has 0 amide bonds. The largest absolute Gasteiger partial charge is 0.0795 e. The highest BCUT2D eigenvalue weighted by atomic mass is 14.3. The lowest BCUT2D eigenvalue weighted by molar-refractivity contribution is 0.478. The van der Waals surface area contributed by atoms with E-state index in [-0.39, 0.29) is 0 Å². The predicted octanol–water partition coefficient (Wildman–Crippen LogP) is 19.6. The van der Waals surface area contributed by atoms with Gasteiger partial charge in [0, 0.05) is 0 Å². The second kappa shape index (κ2) is 16.3. The summed E-state index contributed by atoms with van der Waals surface area (Å²) in [6.07, 6.45) is 23.1. The summed E-state index contributed by atoms with van der Waals surface area (Å²) in [5.41, 5.74) is 10.8. The second-order valence-electron chi connectivity index (χ2n) is 21.7. The third kappa shape index (κ3) is 6.27. The van der Waals surface area contributed by atoms with E-state index in [0.717, 1.165) is 43.9 Å². The van der Waals surface area contributed by atoms with E-state index in [0.29, 0.717) is 11.8 Å². The fraction of sp³-hybridized carbons (Fsp3) is 0.438. The van der Waals surface area contributed by atoms with E-state index in [9.17, 15) is 0 Å². The Morgan fingerprint density at radius 3 is 1.84 bits per heavy atom. The number of fused-ring (bicyclic) bond motifs is 6. The van der Waals surface area contributed by atoms with Crippen LogP contribution >= 0.6 is 0 Å². The molecule has 0 aromatic heterocycles. The lowest BCUT2D eigenvalue weighted by atomic mass is 9.72. The van der Waals surface area contributed by atoms with Gasteiger partial charge in [0.25, 0.3) is 0 Å². The molecule has 10 aromatic rings. The summed E-state index contributed by atoms with van der Waals surface area (Å²) in [6.45, 7) is 21.7. The molecule has 0 fully saturated rings. The maximum atomic E-state index is 2.78. The molecule has 0 nitrogen and oxygen atoms in total. The Balaban J connectivity index is 1.37. The average Bonchev–Trinajstić information content (AvgIpc) is 3.78. The van der Waals surface area contributed by atoms with Crippen LogP contribution in [0, 0.1) is 17.8 Å². The molecule has 3 unspecified atom stereocenters. The molecule has 0 heterocycles. The van der Waals surface area contributed by atoms with Crippen molar-refractivity contribution in [2.75, 3.05) is 0 Å². The minimum Gasteiger partial charge on any atom is -0.0795 e. The van der Waals surface area contributed by atoms with Gasteiger partial charge in [-0.05, 0) is 223 Å². The molecule has 1 aliphatic carbocycles. The highest BCUT2D eigenvalue weighted by molar-refractivity contribution is 6.54. The number of hydrogen-bond donors (Lipinski definition) is 0. The number of aryl methyl sites for hydroxylation is 4. The van der Waals surface area contributed by atoms with Gasteiger partial charge in [0.2, 0.25) is 0 Å². The van der Waals surface area contributed by atoms with Crippen LogP contribution in [0.5, 0.6) is 0 Å². The van der Waals surface area contributed by atoms with Gasteiger partial charge < -0.3 is 0 Å². The summed E-state index contributed by atoms with van der Waals surface area (Å²) in [7, 11) is 0.